The summed E-state index contributed by atoms with van der Waals surface area (Å²) < 4.78 is 0. The topological polar surface area (TPSA) is 91.4 Å². The molecule has 3 N–H and O–H groups in total. The minimum Gasteiger partial charge on any atom is -0.369 e. The van der Waals surface area contributed by atoms with Gasteiger partial charge in [0.2, 0.25) is 5.95 Å². The highest BCUT2D eigenvalue weighted by Gasteiger charge is 2.12. The second-order valence-electron chi connectivity index (χ2n) is 4.71. The molecule has 0 amide bonds. The van der Waals surface area contributed by atoms with Crippen molar-refractivity contribution in [3.63, 3.8) is 0 Å². The van der Waals surface area contributed by atoms with E-state index in [2.05, 4.69) is 42.7 Å². The Balaban J connectivity index is 1.80. The van der Waals surface area contributed by atoms with E-state index in [1.54, 1.807) is 17.5 Å². The number of fused-ring (bicyclic) bond motifs is 1. The zero-order chi connectivity index (χ0) is 14.7. The second kappa shape index (κ2) is 6.04. The largest absolute Gasteiger partial charge is 0.369 e. The molecule has 3 rings (SSSR count). The molecule has 0 saturated heterocycles. The number of H-pyrrole nitrogens is 1. The van der Waals surface area contributed by atoms with Gasteiger partial charge in [-0.3, -0.25) is 5.10 Å². The zero-order valence-corrected chi connectivity index (χ0v) is 12.7. The lowest BCUT2D eigenvalue weighted by molar-refractivity contribution is 0.792. The average Bonchev–Trinajstić information content (AvgIpc) is 3.15. The maximum atomic E-state index is 4.51. The quantitative estimate of drug-likeness (QED) is 0.648. The lowest BCUT2D eigenvalue weighted by Crippen LogP contribution is -2.12. The molecule has 1 unspecified atom stereocenters. The van der Waals surface area contributed by atoms with E-state index in [-0.39, 0.29) is 0 Å². The maximum absolute atomic E-state index is 4.51. The van der Waals surface area contributed by atoms with Crippen molar-refractivity contribution in [2.24, 2.45) is 0 Å². The molecule has 7 nitrogen and oxygen atoms in total. The number of hydrogen-bond acceptors (Lipinski definition) is 7. The van der Waals surface area contributed by atoms with Gasteiger partial charge >= 0.3 is 0 Å². The van der Waals surface area contributed by atoms with E-state index in [0.717, 1.165) is 34.9 Å². The smallest absolute Gasteiger partial charge is 0.226 e. The van der Waals surface area contributed by atoms with Crippen LogP contribution < -0.4 is 10.6 Å². The van der Waals surface area contributed by atoms with Crippen LogP contribution >= 0.6 is 11.3 Å². The van der Waals surface area contributed by atoms with Gasteiger partial charge in [0.1, 0.15) is 5.82 Å². The Hall–Kier alpha value is -2.22. The molecule has 0 fully saturated rings. The van der Waals surface area contributed by atoms with Crippen LogP contribution in [0.1, 0.15) is 24.8 Å². The third-order valence-corrected chi connectivity index (χ3v) is 4.10. The number of thiazole rings is 1. The summed E-state index contributed by atoms with van der Waals surface area (Å²) in [5.41, 5.74) is 0.727. The second-order valence-corrected chi connectivity index (χ2v) is 5.64. The van der Waals surface area contributed by atoms with Crippen LogP contribution in [0, 0.1) is 0 Å². The normalized spacial score (nSPS) is 12.5. The molecular formula is C13H17N7S. The van der Waals surface area contributed by atoms with Crippen molar-refractivity contribution in [3.05, 3.63) is 22.8 Å². The van der Waals surface area contributed by atoms with Crippen molar-refractivity contribution in [2.75, 3.05) is 23.7 Å². The number of aromatic amines is 1. The van der Waals surface area contributed by atoms with Crippen molar-refractivity contribution < 1.29 is 0 Å². The van der Waals surface area contributed by atoms with Gasteiger partial charge in [0, 0.05) is 30.6 Å². The van der Waals surface area contributed by atoms with Crippen LogP contribution in [0.15, 0.2) is 17.8 Å². The Morgan fingerprint density at radius 3 is 3.00 bits per heavy atom. The summed E-state index contributed by atoms with van der Waals surface area (Å²) in [4.78, 5) is 13.2. The third-order valence-electron chi connectivity index (χ3n) is 3.09. The predicted molar refractivity (Wildman–Crippen MR) is 84.9 cm³/mol. The number of nitrogens with zero attached hydrogens (tertiary/aromatic N) is 4. The van der Waals surface area contributed by atoms with E-state index >= 15 is 0 Å². The third kappa shape index (κ3) is 2.94. The van der Waals surface area contributed by atoms with Gasteiger partial charge in [0.05, 0.1) is 16.6 Å². The molecule has 3 aromatic heterocycles. The van der Waals surface area contributed by atoms with E-state index < -0.39 is 0 Å². The number of anilines is 2. The number of aromatic nitrogens is 5. The van der Waals surface area contributed by atoms with Gasteiger partial charge in [0.25, 0.3) is 0 Å². The first-order chi connectivity index (χ1) is 10.3. The Kier molecular flexibility index (Phi) is 3.96. The van der Waals surface area contributed by atoms with Crippen LogP contribution in [0.5, 0.6) is 0 Å². The van der Waals surface area contributed by atoms with Gasteiger partial charge in [-0.2, -0.15) is 15.1 Å². The SMILES string of the molecule is CCNc1nc(NCC(C)c2nccs2)c2cn[nH]c2n1. The van der Waals surface area contributed by atoms with E-state index in [1.807, 2.05) is 18.5 Å². The Morgan fingerprint density at radius 2 is 2.24 bits per heavy atom. The summed E-state index contributed by atoms with van der Waals surface area (Å²) >= 11 is 1.67. The first-order valence-electron chi connectivity index (χ1n) is 6.86. The summed E-state index contributed by atoms with van der Waals surface area (Å²) in [5.74, 6) is 1.70. The fourth-order valence-corrected chi connectivity index (χ4v) is 2.72. The summed E-state index contributed by atoms with van der Waals surface area (Å²) in [5, 5.41) is 17.4. The van der Waals surface area contributed by atoms with E-state index in [1.165, 1.54) is 0 Å². The highest BCUT2D eigenvalue weighted by molar-refractivity contribution is 7.09. The van der Waals surface area contributed by atoms with Gasteiger partial charge in [0.15, 0.2) is 5.65 Å². The molecular weight excluding hydrogens is 286 g/mol. The lowest BCUT2D eigenvalue weighted by Gasteiger charge is -2.12. The van der Waals surface area contributed by atoms with Gasteiger partial charge in [-0.1, -0.05) is 6.92 Å². The summed E-state index contributed by atoms with van der Waals surface area (Å²) in [6.07, 6.45) is 3.57. The zero-order valence-electron chi connectivity index (χ0n) is 11.9. The first kappa shape index (κ1) is 13.7. The van der Waals surface area contributed by atoms with Gasteiger partial charge in [-0.15, -0.1) is 11.3 Å². The standard InChI is InChI=1S/C13H17N7S/c1-3-14-13-18-10(9-7-17-20-11(9)19-13)16-6-8(2)12-15-4-5-21-12/h4-5,7-8H,3,6H2,1-2H3,(H3,14,16,17,18,19,20). The Labute approximate surface area is 126 Å². The molecule has 0 aliphatic carbocycles. The summed E-state index contributed by atoms with van der Waals surface area (Å²) in [6, 6.07) is 0. The minimum atomic E-state index is 0.324. The molecule has 0 aliphatic rings. The van der Waals surface area contributed by atoms with Crippen LogP contribution in [0.2, 0.25) is 0 Å². The van der Waals surface area contributed by atoms with Crippen LogP contribution in [0.3, 0.4) is 0 Å². The molecule has 0 bridgehead atoms. The molecule has 0 radical (unpaired) electrons. The molecule has 3 heterocycles. The summed E-state index contributed by atoms with van der Waals surface area (Å²) in [7, 11) is 0. The Morgan fingerprint density at radius 1 is 1.33 bits per heavy atom. The van der Waals surface area contributed by atoms with Gasteiger partial charge < -0.3 is 10.6 Å². The molecule has 110 valence electrons. The molecule has 0 aliphatic heterocycles. The predicted octanol–water partition coefficient (Wildman–Crippen LogP) is 2.46. The fraction of sp³-hybridized carbons (Fsp3) is 0.385. The van der Waals surface area contributed by atoms with Crippen molar-refractivity contribution in [1.82, 2.24) is 25.1 Å². The van der Waals surface area contributed by atoms with Crippen molar-refractivity contribution in [3.8, 4) is 0 Å². The molecule has 3 aromatic rings. The lowest BCUT2D eigenvalue weighted by atomic mass is 10.2. The highest BCUT2D eigenvalue weighted by Crippen LogP contribution is 2.22. The van der Waals surface area contributed by atoms with Crippen molar-refractivity contribution in [1.29, 1.82) is 0 Å². The molecule has 8 heteroatoms. The fourth-order valence-electron chi connectivity index (χ4n) is 2.02. The van der Waals surface area contributed by atoms with Crippen molar-refractivity contribution in [2.45, 2.75) is 19.8 Å². The van der Waals surface area contributed by atoms with Crippen LogP contribution in [-0.2, 0) is 0 Å². The minimum absolute atomic E-state index is 0.324. The molecule has 0 spiro atoms. The van der Waals surface area contributed by atoms with Crippen LogP contribution in [0.25, 0.3) is 11.0 Å². The van der Waals surface area contributed by atoms with E-state index in [9.17, 15) is 0 Å². The van der Waals surface area contributed by atoms with Crippen LogP contribution in [-0.4, -0.2) is 38.2 Å². The van der Waals surface area contributed by atoms with Gasteiger partial charge in [-0.25, -0.2) is 4.98 Å². The first-order valence-corrected chi connectivity index (χ1v) is 7.74. The Bertz CT molecular complexity index is 706. The van der Waals surface area contributed by atoms with Crippen LogP contribution in [0.4, 0.5) is 11.8 Å². The molecule has 0 saturated carbocycles. The average molecular weight is 303 g/mol. The molecule has 21 heavy (non-hydrogen) atoms. The number of rotatable bonds is 6. The maximum Gasteiger partial charge on any atom is 0.226 e. The van der Waals surface area contributed by atoms with E-state index in [4.69, 9.17) is 0 Å². The van der Waals surface area contributed by atoms with Gasteiger partial charge in [-0.05, 0) is 6.92 Å². The molecule has 1 atom stereocenters. The number of nitrogens with one attached hydrogen (secondary N) is 3. The molecule has 0 aromatic carbocycles. The number of hydrogen-bond donors (Lipinski definition) is 3. The van der Waals surface area contributed by atoms with Crippen molar-refractivity contribution >= 4 is 34.1 Å². The monoisotopic (exact) mass is 303 g/mol. The summed E-state index contributed by atoms with van der Waals surface area (Å²) in [6.45, 7) is 5.69. The van der Waals surface area contributed by atoms with E-state index in [0.29, 0.717) is 11.9 Å². The highest BCUT2D eigenvalue weighted by atomic mass is 32.1.